The van der Waals surface area contributed by atoms with Crippen molar-refractivity contribution in [2.75, 3.05) is 18.0 Å². The van der Waals surface area contributed by atoms with Crippen LogP contribution >= 0.6 is 0 Å². The summed E-state index contributed by atoms with van der Waals surface area (Å²) >= 11 is 0. The molecule has 1 N–H and O–H groups in total. The van der Waals surface area contributed by atoms with Gasteiger partial charge in [-0.2, -0.15) is 0 Å². The second kappa shape index (κ2) is 9.50. The third-order valence-electron chi connectivity index (χ3n) is 4.50. The molecule has 0 saturated heterocycles. The van der Waals surface area contributed by atoms with Crippen LogP contribution in [0.15, 0.2) is 18.2 Å². The third kappa shape index (κ3) is 5.04. The predicted octanol–water partition coefficient (Wildman–Crippen LogP) is 4.99. The maximum Gasteiger partial charge on any atom is 0.335 e. The van der Waals surface area contributed by atoms with Crippen LogP contribution < -0.4 is 4.90 Å². The van der Waals surface area contributed by atoms with Crippen LogP contribution in [0.1, 0.15) is 69.3 Å². The first kappa shape index (κ1) is 18.5. The topological polar surface area (TPSA) is 40.5 Å². The van der Waals surface area contributed by atoms with Gasteiger partial charge in [0, 0.05) is 18.8 Å². The van der Waals surface area contributed by atoms with E-state index in [4.69, 9.17) is 0 Å². The van der Waals surface area contributed by atoms with E-state index in [2.05, 4.69) is 38.7 Å². The minimum Gasteiger partial charge on any atom is -0.478 e. The van der Waals surface area contributed by atoms with Crippen molar-refractivity contribution in [3.05, 3.63) is 29.3 Å². The van der Waals surface area contributed by atoms with Gasteiger partial charge in [0.25, 0.3) is 0 Å². The van der Waals surface area contributed by atoms with Gasteiger partial charge in [-0.15, -0.1) is 0 Å². The average molecular weight is 305 g/mol. The normalized spacial score (nSPS) is 12.2. The van der Waals surface area contributed by atoms with Crippen LogP contribution in [0.5, 0.6) is 0 Å². The van der Waals surface area contributed by atoms with Gasteiger partial charge in [0.15, 0.2) is 0 Å². The summed E-state index contributed by atoms with van der Waals surface area (Å²) < 4.78 is 0. The van der Waals surface area contributed by atoms with Crippen LogP contribution in [0.4, 0.5) is 5.69 Å². The van der Waals surface area contributed by atoms with E-state index in [1.54, 1.807) is 6.07 Å². The van der Waals surface area contributed by atoms with E-state index in [1.165, 1.54) is 19.3 Å². The Morgan fingerprint density at radius 1 is 1.18 bits per heavy atom. The van der Waals surface area contributed by atoms with Gasteiger partial charge in [-0.05, 0) is 49.9 Å². The summed E-state index contributed by atoms with van der Waals surface area (Å²) in [7, 11) is 0. The number of hydrogen-bond donors (Lipinski definition) is 1. The fraction of sp³-hybridized carbons (Fsp3) is 0.632. The summed E-state index contributed by atoms with van der Waals surface area (Å²) in [5.74, 6) is -0.239. The van der Waals surface area contributed by atoms with E-state index in [1.807, 2.05) is 6.07 Å². The van der Waals surface area contributed by atoms with Crippen LogP contribution in [0.3, 0.4) is 0 Å². The van der Waals surface area contributed by atoms with Gasteiger partial charge < -0.3 is 10.0 Å². The van der Waals surface area contributed by atoms with Gasteiger partial charge in [-0.3, -0.25) is 0 Å². The average Bonchev–Trinajstić information content (AvgIpc) is 2.52. The highest BCUT2D eigenvalue weighted by Gasteiger charge is 2.16. The first-order valence-electron chi connectivity index (χ1n) is 8.68. The van der Waals surface area contributed by atoms with E-state index in [9.17, 15) is 9.90 Å². The largest absolute Gasteiger partial charge is 0.478 e. The van der Waals surface area contributed by atoms with Crippen LogP contribution in [0.25, 0.3) is 0 Å². The maximum atomic E-state index is 11.5. The molecule has 1 aromatic rings. The molecule has 0 fully saturated rings. The second-order valence-electron chi connectivity index (χ2n) is 5.94. The monoisotopic (exact) mass is 305 g/mol. The zero-order valence-electron chi connectivity index (χ0n) is 14.6. The third-order valence-corrected chi connectivity index (χ3v) is 4.50. The molecule has 0 aliphatic heterocycles. The van der Waals surface area contributed by atoms with Crippen molar-refractivity contribution in [2.24, 2.45) is 5.92 Å². The fourth-order valence-electron chi connectivity index (χ4n) is 3.00. The summed E-state index contributed by atoms with van der Waals surface area (Å²) in [6, 6.07) is 5.80. The maximum absolute atomic E-state index is 11.5. The van der Waals surface area contributed by atoms with Gasteiger partial charge >= 0.3 is 5.97 Å². The summed E-state index contributed by atoms with van der Waals surface area (Å²) in [6.45, 7) is 10.5. The highest BCUT2D eigenvalue weighted by molar-refractivity contribution is 5.90. The van der Waals surface area contributed by atoms with Crippen LogP contribution in [0, 0.1) is 5.92 Å². The number of unbranched alkanes of at least 4 members (excludes halogenated alkanes) is 1. The van der Waals surface area contributed by atoms with Gasteiger partial charge in [-0.25, -0.2) is 4.79 Å². The molecule has 0 radical (unpaired) electrons. The van der Waals surface area contributed by atoms with Crippen LogP contribution in [-0.2, 0) is 6.42 Å². The van der Waals surface area contributed by atoms with Gasteiger partial charge in [-0.1, -0.05) is 39.5 Å². The Kier molecular flexibility index (Phi) is 8.00. The fourth-order valence-corrected chi connectivity index (χ4v) is 3.00. The summed E-state index contributed by atoms with van der Waals surface area (Å²) in [6.07, 6.45) is 5.57. The molecule has 22 heavy (non-hydrogen) atoms. The minimum absolute atomic E-state index is 0.464. The quantitative estimate of drug-likeness (QED) is 0.662. The zero-order valence-corrected chi connectivity index (χ0v) is 14.6. The van der Waals surface area contributed by atoms with Crippen LogP contribution in [0.2, 0.25) is 0 Å². The molecule has 3 nitrogen and oxygen atoms in total. The number of benzene rings is 1. The van der Waals surface area contributed by atoms with Crippen molar-refractivity contribution in [1.29, 1.82) is 0 Å². The summed E-state index contributed by atoms with van der Waals surface area (Å²) in [4.78, 5) is 13.8. The van der Waals surface area contributed by atoms with Crippen molar-refractivity contribution in [3.8, 4) is 0 Å². The Morgan fingerprint density at radius 3 is 2.36 bits per heavy atom. The molecule has 3 heteroatoms. The lowest BCUT2D eigenvalue weighted by molar-refractivity contribution is 0.0695. The van der Waals surface area contributed by atoms with Crippen molar-refractivity contribution in [3.63, 3.8) is 0 Å². The zero-order chi connectivity index (χ0) is 16.5. The second-order valence-corrected chi connectivity index (χ2v) is 5.94. The van der Waals surface area contributed by atoms with Gasteiger partial charge in [0.2, 0.25) is 0 Å². The smallest absolute Gasteiger partial charge is 0.335 e. The van der Waals surface area contributed by atoms with Crippen LogP contribution in [-0.4, -0.2) is 24.2 Å². The molecular weight excluding hydrogens is 274 g/mol. The number of carboxylic acids is 1. The predicted molar refractivity (Wildman–Crippen MR) is 94.0 cm³/mol. The van der Waals surface area contributed by atoms with E-state index >= 15 is 0 Å². The number of nitrogens with zero attached hydrogens (tertiary/aromatic N) is 1. The van der Waals surface area contributed by atoms with Gasteiger partial charge in [0.1, 0.15) is 0 Å². The Bertz CT molecular complexity index is 467. The molecular formula is C19H31NO2. The molecule has 0 spiro atoms. The van der Waals surface area contributed by atoms with Crippen molar-refractivity contribution >= 4 is 11.7 Å². The Morgan fingerprint density at radius 2 is 1.86 bits per heavy atom. The molecule has 0 aromatic heterocycles. The van der Waals surface area contributed by atoms with E-state index < -0.39 is 5.97 Å². The molecule has 1 atom stereocenters. The number of hydrogen-bond acceptors (Lipinski definition) is 2. The molecule has 124 valence electrons. The molecule has 1 rings (SSSR count). The molecule has 0 amide bonds. The Hall–Kier alpha value is -1.51. The molecule has 1 unspecified atom stereocenters. The Balaban J connectivity index is 3.06. The SMILES string of the molecule is CCCCC(CC)Cc1cc(N(CC)CC)ccc1C(=O)O. The first-order chi connectivity index (χ1) is 10.6. The van der Waals surface area contributed by atoms with Crippen molar-refractivity contribution < 1.29 is 9.90 Å². The molecule has 0 bridgehead atoms. The molecule has 0 aliphatic rings. The van der Waals surface area contributed by atoms with E-state index in [0.717, 1.165) is 37.2 Å². The van der Waals surface area contributed by atoms with Gasteiger partial charge in [0.05, 0.1) is 5.56 Å². The molecule has 0 aliphatic carbocycles. The number of carbonyl (C=O) groups is 1. The number of aromatic carboxylic acids is 1. The minimum atomic E-state index is -0.813. The number of carboxylic acid groups (broad SMARTS) is 1. The highest BCUT2D eigenvalue weighted by Crippen LogP contribution is 2.25. The lowest BCUT2D eigenvalue weighted by Gasteiger charge is -2.23. The lowest BCUT2D eigenvalue weighted by atomic mass is 9.89. The van der Waals surface area contributed by atoms with E-state index in [-0.39, 0.29) is 0 Å². The van der Waals surface area contributed by atoms with Crippen molar-refractivity contribution in [1.82, 2.24) is 0 Å². The highest BCUT2D eigenvalue weighted by atomic mass is 16.4. The number of anilines is 1. The lowest BCUT2D eigenvalue weighted by Crippen LogP contribution is -2.22. The molecule has 0 saturated carbocycles. The van der Waals surface area contributed by atoms with Crippen molar-refractivity contribution in [2.45, 2.75) is 59.8 Å². The standard InChI is InChI=1S/C19H31NO2/c1-5-9-10-15(6-2)13-16-14-17(20(7-3)8-4)11-12-18(16)19(21)22/h11-12,14-15H,5-10,13H2,1-4H3,(H,21,22). The summed E-state index contributed by atoms with van der Waals surface area (Å²) in [5, 5.41) is 9.46. The first-order valence-corrected chi connectivity index (χ1v) is 8.68. The molecule has 1 aromatic carbocycles. The summed E-state index contributed by atoms with van der Waals surface area (Å²) in [5.41, 5.74) is 2.58. The molecule has 0 heterocycles. The Labute approximate surface area is 135 Å². The number of rotatable bonds is 10. The van der Waals surface area contributed by atoms with E-state index in [0.29, 0.717) is 11.5 Å².